The topological polar surface area (TPSA) is 123 Å². The van der Waals surface area contributed by atoms with Crippen molar-refractivity contribution in [2.45, 2.75) is 98.0 Å². The minimum absolute atomic E-state index is 0.0509. The molecule has 0 bridgehead atoms. The van der Waals surface area contributed by atoms with Gasteiger partial charge in [-0.1, -0.05) is 64.1 Å². The molecule has 0 aromatic heterocycles. The highest BCUT2D eigenvalue weighted by Crippen LogP contribution is 2.45. The van der Waals surface area contributed by atoms with Crippen LogP contribution in [-0.4, -0.2) is 55.0 Å². The van der Waals surface area contributed by atoms with E-state index in [1.54, 1.807) is 7.11 Å². The summed E-state index contributed by atoms with van der Waals surface area (Å²) in [6.07, 6.45) is 7.03. The van der Waals surface area contributed by atoms with Crippen molar-refractivity contribution >= 4 is 18.0 Å². The van der Waals surface area contributed by atoms with Gasteiger partial charge in [-0.15, -0.1) is 0 Å². The molecule has 0 spiro atoms. The van der Waals surface area contributed by atoms with Crippen LogP contribution in [0.3, 0.4) is 0 Å². The highest BCUT2D eigenvalue weighted by molar-refractivity contribution is 5.76. The van der Waals surface area contributed by atoms with Crippen molar-refractivity contribution in [2.75, 3.05) is 13.7 Å². The second-order valence-electron chi connectivity index (χ2n) is 12.4. The number of methoxy groups -OCH3 is 1. The molecule has 0 radical (unpaired) electrons. The van der Waals surface area contributed by atoms with Crippen LogP contribution >= 0.6 is 0 Å². The van der Waals surface area contributed by atoms with Gasteiger partial charge in [-0.2, -0.15) is 0 Å². The zero-order valence-corrected chi connectivity index (χ0v) is 27.2. The summed E-state index contributed by atoms with van der Waals surface area (Å²) in [7, 11) is 1.58. The fourth-order valence-electron chi connectivity index (χ4n) is 6.31. The molecule has 9 heteroatoms. The number of hydrogen-bond acceptors (Lipinski definition) is 7. The predicted molar refractivity (Wildman–Crippen MR) is 170 cm³/mol. The number of benzene rings is 1. The van der Waals surface area contributed by atoms with Gasteiger partial charge in [0.15, 0.2) is 0 Å². The fraction of sp³-hybridized carbons (Fsp3) is 0.629. The summed E-state index contributed by atoms with van der Waals surface area (Å²) < 4.78 is 17.2. The highest BCUT2D eigenvalue weighted by Gasteiger charge is 2.42. The molecule has 0 heterocycles. The van der Waals surface area contributed by atoms with E-state index in [1.807, 2.05) is 45.0 Å². The van der Waals surface area contributed by atoms with Crippen LogP contribution in [-0.2, 0) is 25.6 Å². The Morgan fingerprint density at radius 1 is 1.11 bits per heavy atom. The monoisotopic (exact) mass is 612 g/mol. The van der Waals surface area contributed by atoms with Crippen LogP contribution in [0.5, 0.6) is 5.75 Å². The van der Waals surface area contributed by atoms with Gasteiger partial charge in [0.05, 0.1) is 25.6 Å². The molecule has 0 saturated heterocycles. The molecule has 9 nitrogen and oxygen atoms in total. The number of carbonyl (C=O) groups is 3. The quantitative estimate of drug-likeness (QED) is 0.217. The molecule has 244 valence electrons. The lowest BCUT2D eigenvalue weighted by Gasteiger charge is -2.43. The number of esters is 1. The third-order valence-electron chi connectivity index (χ3n) is 8.92. The number of alkyl carbamates (subject to hydrolysis) is 1. The van der Waals surface area contributed by atoms with E-state index in [0.29, 0.717) is 31.1 Å². The van der Waals surface area contributed by atoms with Gasteiger partial charge in [-0.25, -0.2) is 4.79 Å². The summed E-state index contributed by atoms with van der Waals surface area (Å²) in [5.74, 6) is 0.805. The Hall–Kier alpha value is -3.33. The minimum Gasteiger partial charge on any atom is -0.496 e. The van der Waals surface area contributed by atoms with Gasteiger partial charge in [0.25, 0.3) is 0 Å². The van der Waals surface area contributed by atoms with Crippen LogP contribution in [0.1, 0.15) is 78.7 Å². The Kier molecular flexibility index (Phi) is 13.8. The van der Waals surface area contributed by atoms with Gasteiger partial charge in [-0.3, -0.25) is 9.59 Å². The van der Waals surface area contributed by atoms with Gasteiger partial charge >= 0.3 is 12.1 Å². The molecular weight excluding hydrogens is 560 g/mol. The van der Waals surface area contributed by atoms with E-state index in [4.69, 9.17) is 14.2 Å². The molecule has 2 aliphatic rings. The first-order chi connectivity index (χ1) is 21.1. The second-order valence-corrected chi connectivity index (χ2v) is 12.4. The van der Waals surface area contributed by atoms with Crippen LogP contribution in [0.15, 0.2) is 48.1 Å². The molecular formula is C35H52N2O7. The molecule has 1 aromatic carbocycles. The summed E-state index contributed by atoms with van der Waals surface area (Å²) in [5, 5.41) is 16.4. The normalized spacial score (nSPS) is 24.6. The average Bonchev–Trinajstić information content (AvgIpc) is 2.99. The Balaban J connectivity index is 1.67. The van der Waals surface area contributed by atoms with E-state index in [1.165, 1.54) is 5.57 Å². The van der Waals surface area contributed by atoms with E-state index < -0.39 is 18.3 Å². The standard InChI is InChI=1S/C35H52N2O7/c1-7-23(4)34(40)44-31-18-22(3)17-25-14-13-24(5)29(33(25)31)16-15-28(43-35(41)36-8-2)19-27(38)20-32(39)37-21-26-11-9-10-12-30(26)42-6/h9-14,17,22-24,27-29,31,33,38H,7-8,15-16,18-21H2,1-6H3,(H,36,41)(H,37,39). The Morgan fingerprint density at radius 2 is 1.86 bits per heavy atom. The van der Waals surface area contributed by atoms with Gasteiger partial charge in [0.2, 0.25) is 5.91 Å². The summed E-state index contributed by atoms with van der Waals surface area (Å²) in [6.45, 7) is 10.7. The lowest BCUT2D eigenvalue weighted by atomic mass is 9.65. The SMILES string of the molecule is CCNC(=O)OC(CCC1C(C)C=CC2=CC(C)CC(OC(=O)C(C)CC)C21)CC(O)CC(=O)NCc1ccccc1OC. The van der Waals surface area contributed by atoms with Crippen molar-refractivity contribution in [3.8, 4) is 5.75 Å². The van der Waals surface area contributed by atoms with Crippen molar-refractivity contribution in [1.82, 2.24) is 10.6 Å². The van der Waals surface area contributed by atoms with Gasteiger partial charge in [0.1, 0.15) is 18.0 Å². The number of carbonyl (C=O) groups excluding carboxylic acids is 3. The van der Waals surface area contributed by atoms with Crippen LogP contribution in [0, 0.1) is 29.6 Å². The van der Waals surface area contributed by atoms with Gasteiger partial charge < -0.3 is 30.0 Å². The molecule has 3 rings (SSSR count). The van der Waals surface area contributed by atoms with Crippen molar-refractivity contribution in [1.29, 1.82) is 0 Å². The van der Waals surface area contributed by atoms with Crippen LogP contribution in [0.4, 0.5) is 4.79 Å². The number of aliphatic hydroxyl groups is 1. The zero-order valence-electron chi connectivity index (χ0n) is 27.2. The predicted octanol–water partition coefficient (Wildman–Crippen LogP) is 5.71. The molecule has 0 saturated carbocycles. The van der Waals surface area contributed by atoms with Crippen molar-refractivity contribution in [2.24, 2.45) is 29.6 Å². The van der Waals surface area contributed by atoms with Crippen molar-refractivity contribution in [3.05, 3.63) is 53.6 Å². The number of nitrogens with one attached hydrogen (secondary N) is 2. The molecule has 3 N–H and O–H groups in total. The maximum Gasteiger partial charge on any atom is 0.407 e. The number of allylic oxidation sites excluding steroid dienone is 3. The molecule has 0 fully saturated rings. The third kappa shape index (κ3) is 10.1. The maximum absolute atomic E-state index is 12.8. The van der Waals surface area contributed by atoms with Gasteiger partial charge in [-0.05, 0) is 62.0 Å². The number of amides is 2. The molecule has 1 aromatic rings. The molecule has 0 aliphatic heterocycles. The largest absolute Gasteiger partial charge is 0.496 e. The number of hydrogen-bond donors (Lipinski definition) is 3. The summed E-state index contributed by atoms with van der Waals surface area (Å²) in [6, 6.07) is 7.43. The number of ether oxygens (including phenoxy) is 3. The Bertz CT molecular complexity index is 1170. The molecule has 2 amide bonds. The van der Waals surface area contributed by atoms with Gasteiger partial charge in [0, 0.05) is 31.0 Å². The summed E-state index contributed by atoms with van der Waals surface area (Å²) in [4.78, 5) is 37.9. The number of fused-ring (bicyclic) bond motifs is 1. The second kappa shape index (κ2) is 17.2. The average molecular weight is 613 g/mol. The van der Waals surface area contributed by atoms with E-state index in [2.05, 4.69) is 42.7 Å². The smallest absolute Gasteiger partial charge is 0.407 e. The van der Waals surface area contributed by atoms with Crippen LogP contribution in [0.2, 0.25) is 0 Å². The molecule has 2 aliphatic carbocycles. The minimum atomic E-state index is -0.994. The number of rotatable bonds is 15. The first kappa shape index (κ1) is 35.2. The summed E-state index contributed by atoms with van der Waals surface area (Å²) in [5.41, 5.74) is 2.03. The molecule has 8 atom stereocenters. The highest BCUT2D eigenvalue weighted by atomic mass is 16.6. The first-order valence-electron chi connectivity index (χ1n) is 16.2. The van der Waals surface area contributed by atoms with E-state index in [0.717, 1.165) is 18.4 Å². The van der Waals surface area contributed by atoms with Crippen molar-refractivity contribution < 1.29 is 33.7 Å². The first-order valence-corrected chi connectivity index (χ1v) is 16.2. The third-order valence-corrected chi connectivity index (χ3v) is 8.92. The van der Waals surface area contributed by atoms with E-state index >= 15 is 0 Å². The zero-order chi connectivity index (χ0) is 32.2. The Labute approximate surface area is 262 Å². The number of para-hydroxylation sites is 1. The van der Waals surface area contributed by atoms with Crippen LogP contribution < -0.4 is 15.4 Å². The Morgan fingerprint density at radius 3 is 2.57 bits per heavy atom. The lowest BCUT2D eigenvalue weighted by Crippen LogP contribution is -2.42. The summed E-state index contributed by atoms with van der Waals surface area (Å²) >= 11 is 0. The number of aliphatic hydroxyl groups excluding tert-OH is 1. The van der Waals surface area contributed by atoms with Crippen LogP contribution in [0.25, 0.3) is 0 Å². The fourth-order valence-corrected chi connectivity index (χ4v) is 6.31. The van der Waals surface area contributed by atoms with E-state index in [9.17, 15) is 19.5 Å². The molecule has 44 heavy (non-hydrogen) atoms. The maximum atomic E-state index is 12.8. The lowest BCUT2D eigenvalue weighted by molar-refractivity contribution is -0.158. The van der Waals surface area contributed by atoms with Crippen molar-refractivity contribution in [3.63, 3.8) is 0 Å². The van der Waals surface area contributed by atoms with E-state index in [-0.39, 0.29) is 61.0 Å². The molecule has 8 unspecified atom stereocenters.